The van der Waals surface area contributed by atoms with Crippen LogP contribution in [0.1, 0.15) is 32.0 Å². The van der Waals surface area contributed by atoms with Gasteiger partial charge in [0.25, 0.3) is 0 Å². The summed E-state index contributed by atoms with van der Waals surface area (Å²) in [6.45, 7) is 1.87. The molecule has 1 aromatic carbocycles. The van der Waals surface area contributed by atoms with Crippen LogP contribution in [0.3, 0.4) is 0 Å². The molecular weight excluding hydrogens is 246 g/mol. The molecule has 5 nitrogen and oxygen atoms in total. The molecule has 5 heteroatoms. The highest BCUT2D eigenvalue weighted by Crippen LogP contribution is 2.12. The second kappa shape index (κ2) is 5.39. The van der Waals surface area contributed by atoms with Gasteiger partial charge < -0.3 is 14.9 Å². The fourth-order valence-corrected chi connectivity index (χ4v) is 1.56. The number of carbonyl (C=O) groups is 2. The van der Waals surface area contributed by atoms with Crippen molar-refractivity contribution in [3.8, 4) is 0 Å². The van der Waals surface area contributed by atoms with Gasteiger partial charge in [-0.3, -0.25) is 4.79 Å². The van der Waals surface area contributed by atoms with Gasteiger partial charge in [-0.15, -0.1) is 0 Å². The van der Waals surface area contributed by atoms with Crippen LogP contribution in [0, 0.1) is 6.92 Å². The van der Waals surface area contributed by atoms with E-state index in [1.54, 1.807) is 37.3 Å². The van der Waals surface area contributed by atoms with Crippen LogP contribution in [-0.4, -0.2) is 11.9 Å². The van der Waals surface area contributed by atoms with Crippen molar-refractivity contribution in [1.29, 1.82) is 0 Å². The number of hydrogen-bond acceptors (Lipinski definition) is 4. The molecule has 2 rings (SSSR count). The van der Waals surface area contributed by atoms with Crippen LogP contribution >= 0.6 is 0 Å². The minimum absolute atomic E-state index is 0.109. The van der Waals surface area contributed by atoms with Crippen molar-refractivity contribution < 1.29 is 18.7 Å². The largest absolute Gasteiger partial charge is 0.457 e. The first-order valence-electron chi connectivity index (χ1n) is 5.68. The minimum atomic E-state index is -0.513. The normalized spacial score (nSPS) is 10.2. The third-order valence-corrected chi connectivity index (χ3v) is 2.66. The Kier molecular flexibility index (Phi) is 3.66. The molecule has 1 heterocycles. The molecule has 0 spiro atoms. The van der Waals surface area contributed by atoms with E-state index in [0.29, 0.717) is 5.56 Å². The van der Waals surface area contributed by atoms with Crippen LogP contribution in [-0.2, 0) is 11.3 Å². The zero-order valence-electron chi connectivity index (χ0n) is 10.4. The number of amides is 1. The first-order chi connectivity index (χ1) is 9.08. The third-order valence-electron chi connectivity index (χ3n) is 2.66. The van der Waals surface area contributed by atoms with Gasteiger partial charge in [0.1, 0.15) is 6.61 Å². The molecule has 0 radical (unpaired) electrons. The number of aryl methyl sites for hydroxylation is 1. The average Bonchev–Trinajstić information content (AvgIpc) is 2.83. The summed E-state index contributed by atoms with van der Waals surface area (Å²) in [5.74, 6) is -0.801. The smallest absolute Gasteiger partial charge is 0.374 e. The fourth-order valence-electron chi connectivity index (χ4n) is 1.56. The lowest BCUT2D eigenvalue weighted by Gasteiger charge is -2.04. The maximum atomic E-state index is 11.7. The standard InChI is InChI=1S/C14H13NO4/c1-9-6-7-18-12(9)14(17)19-8-10-2-4-11(5-3-10)13(15)16/h2-7H,8H2,1H3,(H2,15,16). The predicted molar refractivity (Wildman–Crippen MR) is 67.5 cm³/mol. The topological polar surface area (TPSA) is 82.5 Å². The zero-order chi connectivity index (χ0) is 13.8. The second-order valence-electron chi connectivity index (χ2n) is 4.07. The molecule has 98 valence electrons. The highest BCUT2D eigenvalue weighted by Gasteiger charge is 2.14. The third kappa shape index (κ3) is 3.01. The molecule has 0 aliphatic carbocycles. The first-order valence-corrected chi connectivity index (χ1v) is 5.68. The van der Waals surface area contributed by atoms with Gasteiger partial charge in [0.05, 0.1) is 6.26 Å². The van der Waals surface area contributed by atoms with Crippen LogP contribution < -0.4 is 5.73 Å². The predicted octanol–water partition coefficient (Wildman–Crippen LogP) is 2.04. The lowest BCUT2D eigenvalue weighted by atomic mass is 10.1. The highest BCUT2D eigenvalue weighted by molar-refractivity contribution is 5.92. The lowest BCUT2D eigenvalue weighted by molar-refractivity contribution is 0.0434. The molecule has 0 atom stereocenters. The molecule has 1 amide bonds. The zero-order valence-corrected chi connectivity index (χ0v) is 10.4. The number of esters is 1. The quantitative estimate of drug-likeness (QED) is 0.852. The number of hydrogen-bond donors (Lipinski definition) is 1. The maximum absolute atomic E-state index is 11.7. The molecule has 0 aliphatic heterocycles. The Morgan fingerprint density at radius 1 is 1.21 bits per heavy atom. The molecule has 1 aromatic heterocycles. The molecule has 0 saturated heterocycles. The Balaban J connectivity index is 1.97. The van der Waals surface area contributed by atoms with E-state index in [4.69, 9.17) is 14.9 Å². The van der Waals surface area contributed by atoms with E-state index in [1.165, 1.54) is 6.26 Å². The van der Waals surface area contributed by atoms with Gasteiger partial charge in [-0.2, -0.15) is 0 Å². The van der Waals surface area contributed by atoms with Crippen molar-refractivity contribution in [2.45, 2.75) is 13.5 Å². The monoisotopic (exact) mass is 259 g/mol. The van der Waals surface area contributed by atoms with Crippen LogP contribution in [0.5, 0.6) is 0 Å². The van der Waals surface area contributed by atoms with Crippen LogP contribution in [0.25, 0.3) is 0 Å². The molecule has 2 aromatic rings. The van der Waals surface area contributed by atoms with Crippen molar-refractivity contribution in [3.05, 3.63) is 59.0 Å². The van der Waals surface area contributed by atoms with Crippen molar-refractivity contribution in [2.75, 3.05) is 0 Å². The molecule has 19 heavy (non-hydrogen) atoms. The Hall–Kier alpha value is -2.56. The summed E-state index contributed by atoms with van der Waals surface area (Å²) in [5.41, 5.74) is 7.04. The number of ether oxygens (including phenoxy) is 1. The number of furan rings is 1. The van der Waals surface area contributed by atoms with Crippen LogP contribution in [0.4, 0.5) is 0 Å². The van der Waals surface area contributed by atoms with Gasteiger partial charge >= 0.3 is 5.97 Å². The first kappa shape index (κ1) is 12.9. The Morgan fingerprint density at radius 3 is 2.42 bits per heavy atom. The molecule has 0 unspecified atom stereocenters. The molecular formula is C14H13NO4. The fraction of sp³-hybridized carbons (Fsp3) is 0.143. The number of primary amides is 1. The van der Waals surface area contributed by atoms with Gasteiger partial charge in [-0.25, -0.2) is 4.79 Å². The SMILES string of the molecule is Cc1ccoc1C(=O)OCc1ccc(C(N)=O)cc1. The summed E-state index contributed by atoms with van der Waals surface area (Å²) < 4.78 is 10.1. The molecule has 2 N–H and O–H groups in total. The van der Waals surface area contributed by atoms with E-state index in [9.17, 15) is 9.59 Å². The number of nitrogens with two attached hydrogens (primary N) is 1. The summed E-state index contributed by atoms with van der Waals surface area (Å²) in [6, 6.07) is 8.23. The summed E-state index contributed by atoms with van der Waals surface area (Å²) >= 11 is 0. The van der Waals surface area contributed by atoms with Crippen molar-refractivity contribution in [2.24, 2.45) is 5.73 Å². The summed E-state index contributed by atoms with van der Waals surface area (Å²) in [4.78, 5) is 22.6. The van der Waals surface area contributed by atoms with E-state index in [1.807, 2.05) is 0 Å². The van der Waals surface area contributed by atoms with E-state index < -0.39 is 11.9 Å². The summed E-state index contributed by atoms with van der Waals surface area (Å²) in [5, 5.41) is 0. The second-order valence-corrected chi connectivity index (χ2v) is 4.07. The Labute approximate surface area is 110 Å². The van der Waals surface area contributed by atoms with E-state index in [-0.39, 0.29) is 12.4 Å². The molecule has 0 saturated carbocycles. The number of rotatable bonds is 4. The van der Waals surface area contributed by atoms with Crippen LogP contribution in [0.15, 0.2) is 41.0 Å². The lowest BCUT2D eigenvalue weighted by Crippen LogP contribution is -2.11. The van der Waals surface area contributed by atoms with Gasteiger partial charge in [0, 0.05) is 11.1 Å². The molecule has 0 aliphatic rings. The summed E-state index contributed by atoms with van der Waals surface area (Å²) in [7, 11) is 0. The van der Waals surface area contributed by atoms with Gasteiger partial charge in [-0.1, -0.05) is 12.1 Å². The number of benzene rings is 1. The molecule has 0 fully saturated rings. The highest BCUT2D eigenvalue weighted by atomic mass is 16.5. The summed E-state index contributed by atoms with van der Waals surface area (Å²) in [6.07, 6.45) is 1.44. The van der Waals surface area contributed by atoms with E-state index in [2.05, 4.69) is 0 Å². The van der Waals surface area contributed by atoms with Crippen molar-refractivity contribution in [3.63, 3.8) is 0 Å². The van der Waals surface area contributed by atoms with Gasteiger partial charge in [-0.05, 0) is 30.7 Å². The van der Waals surface area contributed by atoms with Gasteiger partial charge in [0.2, 0.25) is 11.7 Å². The minimum Gasteiger partial charge on any atom is -0.457 e. The van der Waals surface area contributed by atoms with Crippen molar-refractivity contribution >= 4 is 11.9 Å². The van der Waals surface area contributed by atoms with E-state index >= 15 is 0 Å². The Bertz CT molecular complexity index is 598. The molecule has 0 bridgehead atoms. The van der Waals surface area contributed by atoms with Gasteiger partial charge in [0.15, 0.2) is 0 Å². The van der Waals surface area contributed by atoms with Crippen molar-refractivity contribution in [1.82, 2.24) is 0 Å². The number of carbonyl (C=O) groups excluding carboxylic acids is 2. The van der Waals surface area contributed by atoms with Crippen LogP contribution in [0.2, 0.25) is 0 Å². The van der Waals surface area contributed by atoms with E-state index in [0.717, 1.165) is 11.1 Å². The maximum Gasteiger partial charge on any atom is 0.374 e. The average molecular weight is 259 g/mol. The Morgan fingerprint density at radius 2 is 1.89 bits per heavy atom.